The molecule has 1 heterocycles. The largest absolute Gasteiger partial charge is 0.444 e. The van der Waals surface area contributed by atoms with Crippen molar-refractivity contribution in [2.24, 2.45) is 0 Å². The number of carbonyl (C=O) groups is 1. The maximum absolute atomic E-state index is 12.3. The lowest BCUT2D eigenvalue weighted by atomic mass is 10.1. The van der Waals surface area contributed by atoms with Gasteiger partial charge in [-0.25, -0.2) is 4.79 Å². The molecule has 0 aromatic carbocycles. The van der Waals surface area contributed by atoms with Gasteiger partial charge < -0.3 is 19.7 Å². The van der Waals surface area contributed by atoms with Crippen LogP contribution >= 0.6 is 0 Å². The fourth-order valence-electron chi connectivity index (χ4n) is 2.78. The normalized spacial score (nSPS) is 19.7. The lowest BCUT2D eigenvalue weighted by Crippen LogP contribution is -2.43. The fourth-order valence-corrected chi connectivity index (χ4v) is 2.78. The van der Waals surface area contributed by atoms with Crippen molar-refractivity contribution < 1.29 is 14.3 Å². The molecule has 1 amide bonds. The van der Waals surface area contributed by atoms with Gasteiger partial charge in [-0.05, 0) is 53.4 Å². The number of likely N-dealkylation sites (tertiary alicyclic amines) is 1. The molecule has 1 aliphatic rings. The van der Waals surface area contributed by atoms with Gasteiger partial charge in [0.2, 0.25) is 0 Å². The molecule has 23 heavy (non-hydrogen) atoms. The minimum atomic E-state index is -0.434. The Hall–Kier alpha value is -1.07. The molecule has 0 spiro atoms. The van der Waals surface area contributed by atoms with Gasteiger partial charge in [-0.3, -0.25) is 0 Å². The molecule has 0 bridgehead atoms. The summed E-state index contributed by atoms with van der Waals surface area (Å²) in [7, 11) is 0. The van der Waals surface area contributed by atoms with E-state index in [0.717, 1.165) is 45.4 Å². The van der Waals surface area contributed by atoms with Crippen LogP contribution in [0.2, 0.25) is 0 Å². The first-order valence-corrected chi connectivity index (χ1v) is 8.75. The number of hydrogen-bond acceptors (Lipinski definition) is 4. The number of nitrogens with zero attached hydrogens (tertiary/aromatic N) is 1. The fraction of sp³-hybridized carbons (Fsp3) is 0.833. The second-order valence-corrected chi connectivity index (χ2v) is 7.25. The Morgan fingerprint density at radius 2 is 2.17 bits per heavy atom. The van der Waals surface area contributed by atoms with Crippen molar-refractivity contribution in [3.8, 4) is 0 Å². The highest BCUT2D eigenvalue weighted by Crippen LogP contribution is 2.23. The first-order valence-electron chi connectivity index (χ1n) is 8.75. The van der Waals surface area contributed by atoms with E-state index in [1.54, 1.807) is 0 Å². The van der Waals surface area contributed by atoms with Gasteiger partial charge in [0.15, 0.2) is 0 Å². The van der Waals surface area contributed by atoms with Gasteiger partial charge in [0.25, 0.3) is 0 Å². The minimum absolute atomic E-state index is 0.181. The molecular weight excluding hydrogens is 292 g/mol. The van der Waals surface area contributed by atoms with Crippen molar-refractivity contribution >= 4 is 6.09 Å². The predicted octanol–water partition coefficient (Wildman–Crippen LogP) is 3.35. The summed E-state index contributed by atoms with van der Waals surface area (Å²) < 4.78 is 11.0. The molecule has 0 radical (unpaired) electrons. The molecule has 0 saturated carbocycles. The summed E-state index contributed by atoms with van der Waals surface area (Å²) in [6.45, 7) is 14.6. The van der Waals surface area contributed by atoms with Crippen molar-refractivity contribution in [1.29, 1.82) is 0 Å². The van der Waals surface area contributed by atoms with E-state index in [9.17, 15) is 4.79 Å². The topological polar surface area (TPSA) is 50.8 Å². The van der Waals surface area contributed by atoms with Crippen LogP contribution in [-0.2, 0) is 9.47 Å². The van der Waals surface area contributed by atoms with E-state index in [-0.39, 0.29) is 12.1 Å². The van der Waals surface area contributed by atoms with Crippen LogP contribution in [-0.4, -0.2) is 55.0 Å². The zero-order valence-corrected chi connectivity index (χ0v) is 15.3. The molecule has 2 atom stereocenters. The molecule has 5 nitrogen and oxygen atoms in total. The molecule has 0 aromatic rings. The highest BCUT2D eigenvalue weighted by Gasteiger charge is 2.32. The van der Waals surface area contributed by atoms with Crippen LogP contribution in [0.25, 0.3) is 0 Å². The van der Waals surface area contributed by atoms with E-state index in [0.29, 0.717) is 12.6 Å². The van der Waals surface area contributed by atoms with E-state index < -0.39 is 5.60 Å². The second kappa shape index (κ2) is 9.93. The van der Waals surface area contributed by atoms with Crippen LogP contribution in [0.4, 0.5) is 4.79 Å². The van der Waals surface area contributed by atoms with Crippen LogP contribution in [0.3, 0.4) is 0 Å². The number of hydrogen-bond donors (Lipinski definition) is 1. The van der Waals surface area contributed by atoms with E-state index in [1.807, 2.05) is 31.7 Å². The van der Waals surface area contributed by atoms with Crippen LogP contribution in [0, 0.1) is 0 Å². The Balaban J connectivity index is 2.28. The van der Waals surface area contributed by atoms with E-state index >= 15 is 0 Å². The van der Waals surface area contributed by atoms with Gasteiger partial charge in [-0.15, -0.1) is 6.58 Å². The summed E-state index contributed by atoms with van der Waals surface area (Å²) in [6, 6.07) is 0.625. The Morgan fingerprint density at radius 1 is 1.43 bits per heavy atom. The van der Waals surface area contributed by atoms with Crippen molar-refractivity contribution in [2.75, 3.05) is 26.3 Å². The lowest BCUT2D eigenvalue weighted by Gasteiger charge is -2.30. The maximum atomic E-state index is 12.3. The Bertz CT molecular complexity index is 366. The SMILES string of the molecule is C=CCCOCCNC(C)CC1CCCN1C(=O)OC(C)(C)C. The predicted molar refractivity (Wildman–Crippen MR) is 93.7 cm³/mol. The molecule has 0 aromatic heterocycles. The van der Waals surface area contributed by atoms with E-state index in [4.69, 9.17) is 9.47 Å². The highest BCUT2D eigenvalue weighted by atomic mass is 16.6. The van der Waals surface area contributed by atoms with Gasteiger partial charge >= 0.3 is 6.09 Å². The first kappa shape index (κ1) is 20.0. The summed E-state index contributed by atoms with van der Waals surface area (Å²) in [5, 5.41) is 3.46. The number of ether oxygens (including phenoxy) is 2. The molecule has 1 rings (SSSR count). The summed E-state index contributed by atoms with van der Waals surface area (Å²) >= 11 is 0. The van der Waals surface area contributed by atoms with E-state index in [2.05, 4.69) is 18.8 Å². The number of rotatable bonds is 9. The number of nitrogens with one attached hydrogen (secondary N) is 1. The zero-order chi connectivity index (χ0) is 17.3. The van der Waals surface area contributed by atoms with Gasteiger partial charge in [0, 0.05) is 25.2 Å². The summed E-state index contributed by atoms with van der Waals surface area (Å²) in [6.07, 6.45) is 5.64. The van der Waals surface area contributed by atoms with Crippen LogP contribution in [0.1, 0.15) is 53.4 Å². The van der Waals surface area contributed by atoms with Crippen LogP contribution < -0.4 is 5.32 Å². The van der Waals surface area contributed by atoms with Gasteiger partial charge in [0.05, 0.1) is 13.2 Å². The molecule has 0 aliphatic carbocycles. The molecule has 5 heteroatoms. The molecule has 1 saturated heterocycles. The monoisotopic (exact) mass is 326 g/mol. The Labute approximate surface area is 141 Å². The highest BCUT2D eigenvalue weighted by molar-refractivity contribution is 5.68. The molecule has 134 valence electrons. The minimum Gasteiger partial charge on any atom is -0.444 e. The van der Waals surface area contributed by atoms with Gasteiger partial charge in [-0.2, -0.15) is 0 Å². The molecule has 1 fully saturated rings. The number of amides is 1. The van der Waals surface area contributed by atoms with E-state index in [1.165, 1.54) is 0 Å². The maximum Gasteiger partial charge on any atom is 0.410 e. The Kier molecular flexibility index (Phi) is 8.63. The van der Waals surface area contributed by atoms with Crippen molar-refractivity contribution in [3.05, 3.63) is 12.7 Å². The standard InChI is InChI=1S/C18H34N2O3/c1-6-7-12-22-13-10-19-15(2)14-16-9-8-11-20(16)17(21)23-18(3,4)5/h6,15-16,19H,1,7-14H2,2-5H3. The van der Waals surface area contributed by atoms with Crippen molar-refractivity contribution in [2.45, 2.75) is 71.1 Å². The molecule has 1 N–H and O–H groups in total. The number of carbonyl (C=O) groups excluding carboxylic acids is 1. The molecular formula is C18H34N2O3. The third kappa shape index (κ3) is 8.37. The third-order valence-corrected chi connectivity index (χ3v) is 3.84. The second-order valence-electron chi connectivity index (χ2n) is 7.25. The van der Waals surface area contributed by atoms with Crippen LogP contribution in [0.15, 0.2) is 12.7 Å². The zero-order valence-electron chi connectivity index (χ0n) is 15.3. The quantitative estimate of drug-likeness (QED) is 0.521. The average molecular weight is 326 g/mol. The molecule has 1 aliphatic heterocycles. The van der Waals surface area contributed by atoms with Crippen molar-refractivity contribution in [1.82, 2.24) is 10.2 Å². The summed E-state index contributed by atoms with van der Waals surface area (Å²) in [4.78, 5) is 14.2. The average Bonchev–Trinajstić information content (AvgIpc) is 2.89. The third-order valence-electron chi connectivity index (χ3n) is 3.84. The smallest absolute Gasteiger partial charge is 0.410 e. The lowest BCUT2D eigenvalue weighted by molar-refractivity contribution is 0.0214. The summed E-state index contributed by atoms with van der Waals surface area (Å²) in [5.74, 6) is 0. The summed E-state index contributed by atoms with van der Waals surface area (Å²) in [5.41, 5.74) is -0.434. The van der Waals surface area contributed by atoms with Crippen LogP contribution in [0.5, 0.6) is 0 Å². The Morgan fingerprint density at radius 3 is 2.83 bits per heavy atom. The van der Waals surface area contributed by atoms with Gasteiger partial charge in [0.1, 0.15) is 5.60 Å². The molecule has 2 unspecified atom stereocenters. The van der Waals surface area contributed by atoms with Crippen molar-refractivity contribution in [3.63, 3.8) is 0 Å². The first-order chi connectivity index (χ1) is 10.8. The van der Waals surface area contributed by atoms with Gasteiger partial charge in [-0.1, -0.05) is 6.08 Å².